The third-order valence-electron chi connectivity index (χ3n) is 4.19. The molecule has 132 valence electrons. The zero-order valence-corrected chi connectivity index (χ0v) is 14.4. The minimum absolute atomic E-state index is 0.408. The van der Waals surface area contributed by atoms with Gasteiger partial charge in [0.1, 0.15) is 11.6 Å². The Bertz CT molecular complexity index is 966. The monoisotopic (exact) mass is 353 g/mol. The zero-order chi connectivity index (χ0) is 18.7. The Morgan fingerprint density at radius 3 is 2.35 bits per heavy atom. The maximum atomic E-state index is 13.6. The average molecular weight is 353 g/mol. The van der Waals surface area contributed by atoms with Crippen molar-refractivity contribution in [3.8, 4) is 16.8 Å². The lowest BCUT2D eigenvalue weighted by molar-refractivity contribution is 0.584. The number of rotatable bonds is 5. The molecule has 1 aromatic heterocycles. The molecule has 0 spiro atoms. The van der Waals surface area contributed by atoms with Gasteiger partial charge in [-0.15, -0.1) is 0 Å². The van der Waals surface area contributed by atoms with E-state index in [-0.39, 0.29) is 0 Å². The Balaban J connectivity index is 1.96. The van der Waals surface area contributed by atoms with Gasteiger partial charge in [0.05, 0.1) is 11.4 Å². The Morgan fingerprint density at radius 2 is 1.73 bits per heavy atom. The van der Waals surface area contributed by atoms with Gasteiger partial charge >= 0.3 is 0 Å². The van der Waals surface area contributed by atoms with Crippen molar-refractivity contribution in [3.63, 3.8) is 0 Å². The van der Waals surface area contributed by atoms with Crippen molar-refractivity contribution in [1.82, 2.24) is 9.78 Å². The Kier molecular flexibility index (Phi) is 5.00. The fraction of sp³-hybridized carbons (Fsp3) is 0.211. The van der Waals surface area contributed by atoms with Gasteiger partial charge < -0.3 is 0 Å². The van der Waals surface area contributed by atoms with Crippen LogP contribution in [0.5, 0.6) is 0 Å². The van der Waals surface area contributed by atoms with E-state index in [1.807, 2.05) is 38.1 Å². The van der Waals surface area contributed by atoms with Crippen LogP contribution in [-0.2, 0) is 6.42 Å². The minimum Gasteiger partial charge on any atom is -0.237 e. The lowest BCUT2D eigenvalue weighted by Gasteiger charge is -2.07. The van der Waals surface area contributed by atoms with E-state index in [9.17, 15) is 8.78 Å². The molecule has 7 heteroatoms. The molecule has 1 heterocycles. The van der Waals surface area contributed by atoms with E-state index in [1.165, 1.54) is 12.1 Å². The molecule has 0 unspecified atom stereocenters. The van der Waals surface area contributed by atoms with Crippen molar-refractivity contribution < 1.29 is 8.78 Å². The first kappa shape index (κ1) is 17.6. The highest BCUT2D eigenvalue weighted by molar-refractivity contribution is 5.69. The molecule has 0 aliphatic rings. The number of azide groups is 1. The van der Waals surface area contributed by atoms with Gasteiger partial charge in [-0.2, -0.15) is 5.10 Å². The summed E-state index contributed by atoms with van der Waals surface area (Å²) in [6.45, 7) is 4.09. The van der Waals surface area contributed by atoms with Crippen molar-refractivity contribution in [2.45, 2.75) is 20.3 Å². The lowest BCUT2D eigenvalue weighted by Crippen LogP contribution is -2.00. The van der Waals surface area contributed by atoms with Gasteiger partial charge in [0.2, 0.25) is 0 Å². The zero-order valence-electron chi connectivity index (χ0n) is 14.4. The summed E-state index contributed by atoms with van der Waals surface area (Å²) in [5.41, 5.74) is 12.9. The number of hydrogen-bond acceptors (Lipinski definition) is 2. The highest BCUT2D eigenvalue weighted by Crippen LogP contribution is 2.30. The quantitative estimate of drug-likeness (QED) is 0.349. The van der Waals surface area contributed by atoms with Crippen LogP contribution in [0.15, 0.2) is 47.6 Å². The third kappa shape index (κ3) is 3.58. The predicted octanol–water partition coefficient (Wildman–Crippen LogP) is 5.29. The van der Waals surface area contributed by atoms with Crippen LogP contribution in [0.4, 0.5) is 8.78 Å². The maximum Gasteiger partial charge on any atom is 0.126 e. The summed E-state index contributed by atoms with van der Waals surface area (Å²) in [7, 11) is 0. The Hall–Kier alpha value is -3.18. The van der Waals surface area contributed by atoms with E-state index in [2.05, 4.69) is 15.1 Å². The van der Waals surface area contributed by atoms with Crippen LogP contribution in [0.25, 0.3) is 27.3 Å². The summed E-state index contributed by atoms with van der Waals surface area (Å²) in [4.78, 5) is 2.74. The number of aromatic nitrogens is 2. The number of aryl methyl sites for hydroxylation is 1. The summed E-state index contributed by atoms with van der Waals surface area (Å²) < 4.78 is 28.9. The summed E-state index contributed by atoms with van der Waals surface area (Å²) in [6, 6.07) is 11.2. The van der Waals surface area contributed by atoms with Crippen molar-refractivity contribution >= 4 is 0 Å². The smallest absolute Gasteiger partial charge is 0.126 e. The molecular weight excluding hydrogens is 336 g/mol. The van der Waals surface area contributed by atoms with Gasteiger partial charge in [-0.25, -0.2) is 13.5 Å². The third-order valence-corrected chi connectivity index (χ3v) is 4.19. The van der Waals surface area contributed by atoms with E-state index >= 15 is 0 Å². The normalized spacial score (nSPS) is 10.6. The van der Waals surface area contributed by atoms with E-state index in [1.54, 1.807) is 4.68 Å². The molecule has 3 aromatic rings. The van der Waals surface area contributed by atoms with E-state index in [0.717, 1.165) is 28.6 Å². The van der Waals surface area contributed by atoms with Crippen LogP contribution in [0.2, 0.25) is 0 Å². The molecule has 2 aromatic carbocycles. The first-order chi connectivity index (χ1) is 12.5. The van der Waals surface area contributed by atoms with Crippen molar-refractivity contribution in [2.75, 3.05) is 6.54 Å². The van der Waals surface area contributed by atoms with Gasteiger partial charge in [0.25, 0.3) is 0 Å². The van der Waals surface area contributed by atoms with Crippen molar-refractivity contribution in [3.05, 3.63) is 81.5 Å². The molecule has 5 nitrogen and oxygen atoms in total. The summed E-state index contributed by atoms with van der Waals surface area (Å²) >= 11 is 0. The summed E-state index contributed by atoms with van der Waals surface area (Å²) in [5, 5.41) is 8.05. The van der Waals surface area contributed by atoms with Crippen molar-refractivity contribution in [2.24, 2.45) is 5.11 Å². The fourth-order valence-corrected chi connectivity index (χ4v) is 3.04. The van der Waals surface area contributed by atoms with E-state index in [4.69, 9.17) is 5.53 Å². The minimum atomic E-state index is -0.615. The van der Waals surface area contributed by atoms with Crippen LogP contribution < -0.4 is 0 Å². The SMILES string of the molecule is Cc1nn(-c2ccc(CCN=[N+]=[N-])cc2)c(C)c1-c1cc(F)cc(F)c1. The fourth-order valence-electron chi connectivity index (χ4n) is 3.04. The largest absolute Gasteiger partial charge is 0.237 e. The lowest BCUT2D eigenvalue weighted by atomic mass is 10.0. The second-order valence-corrected chi connectivity index (χ2v) is 5.99. The van der Waals surface area contributed by atoms with Gasteiger partial charge in [0, 0.05) is 28.8 Å². The first-order valence-corrected chi connectivity index (χ1v) is 8.12. The second-order valence-electron chi connectivity index (χ2n) is 5.99. The Morgan fingerprint density at radius 1 is 1.08 bits per heavy atom. The van der Waals surface area contributed by atoms with Crippen LogP contribution in [0.3, 0.4) is 0 Å². The maximum absolute atomic E-state index is 13.6. The molecule has 0 saturated carbocycles. The standard InChI is InChI=1S/C19H17F2N5/c1-12-19(15-9-16(20)11-17(21)10-15)13(2)26(24-12)18-5-3-14(4-6-18)7-8-23-25-22/h3-6,9-11H,7-8H2,1-2H3. The molecule has 0 fully saturated rings. The number of nitrogens with zero attached hydrogens (tertiary/aromatic N) is 5. The number of hydrogen-bond donors (Lipinski definition) is 0. The molecule has 0 aliphatic carbocycles. The van der Waals surface area contributed by atoms with Crippen LogP contribution in [-0.4, -0.2) is 16.3 Å². The molecule has 26 heavy (non-hydrogen) atoms. The van der Waals surface area contributed by atoms with Crippen LogP contribution in [0, 0.1) is 25.5 Å². The highest BCUT2D eigenvalue weighted by Gasteiger charge is 2.16. The number of halogens is 2. The number of benzene rings is 2. The van der Waals surface area contributed by atoms with Gasteiger partial charge in [-0.05, 0) is 61.2 Å². The van der Waals surface area contributed by atoms with Crippen LogP contribution in [0.1, 0.15) is 17.0 Å². The molecular formula is C19H17F2N5. The molecule has 0 saturated heterocycles. The molecule has 0 amide bonds. The van der Waals surface area contributed by atoms with Crippen LogP contribution >= 0.6 is 0 Å². The van der Waals surface area contributed by atoms with Crippen molar-refractivity contribution in [1.29, 1.82) is 0 Å². The summed E-state index contributed by atoms with van der Waals surface area (Å²) in [5.74, 6) is -1.23. The van der Waals surface area contributed by atoms with E-state index in [0.29, 0.717) is 24.2 Å². The van der Waals surface area contributed by atoms with Gasteiger partial charge in [-0.3, -0.25) is 0 Å². The molecule has 0 atom stereocenters. The first-order valence-electron chi connectivity index (χ1n) is 8.12. The topological polar surface area (TPSA) is 66.6 Å². The molecule has 0 radical (unpaired) electrons. The average Bonchev–Trinajstić information content (AvgIpc) is 2.89. The van der Waals surface area contributed by atoms with Gasteiger partial charge in [-0.1, -0.05) is 17.2 Å². The second kappa shape index (κ2) is 7.37. The predicted molar refractivity (Wildman–Crippen MR) is 96.1 cm³/mol. The molecule has 0 aliphatic heterocycles. The molecule has 3 rings (SSSR count). The Labute approximate surface area is 149 Å². The van der Waals surface area contributed by atoms with Gasteiger partial charge in [0.15, 0.2) is 0 Å². The molecule has 0 N–H and O–H groups in total. The van der Waals surface area contributed by atoms with E-state index < -0.39 is 11.6 Å². The highest BCUT2D eigenvalue weighted by atomic mass is 19.1. The summed E-state index contributed by atoms with van der Waals surface area (Å²) in [6.07, 6.45) is 0.662. The molecule has 0 bridgehead atoms.